The van der Waals surface area contributed by atoms with Crippen LogP contribution in [-0.2, 0) is 13.0 Å². The highest BCUT2D eigenvalue weighted by Gasteiger charge is 1.99. The minimum Gasteiger partial charge on any atom is -0.311 e. The lowest BCUT2D eigenvalue weighted by atomic mass is 10.2. The van der Waals surface area contributed by atoms with Crippen LogP contribution in [0.4, 0.5) is 0 Å². The van der Waals surface area contributed by atoms with Crippen molar-refractivity contribution in [3.05, 3.63) is 46.2 Å². The molecule has 0 aromatic carbocycles. The quantitative estimate of drug-likeness (QED) is 0.804. The maximum absolute atomic E-state index is 4.22. The van der Waals surface area contributed by atoms with E-state index in [-0.39, 0.29) is 0 Å². The molecule has 0 aliphatic carbocycles. The summed E-state index contributed by atoms with van der Waals surface area (Å²) >= 11 is 1.71. The molecule has 1 N–H and O–H groups in total. The second-order valence-electron chi connectivity index (χ2n) is 3.64. The van der Waals surface area contributed by atoms with Gasteiger partial charge in [0.2, 0.25) is 0 Å². The Bertz CT molecular complexity index is 425. The van der Waals surface area contributed by atoms with E-state index < -0.39 is 0 Å². The topological polar surface area (TPSA) is 37.8 Å². The molecule has 0 spiro atoms. The summed E-state index contributed by atoms with van der Waals surface area (Å²) in [6, 6.07) is 4.11. The van der Waals surface area contributed by atoms with Gasteiger partial charge in [-0.25, -0.2) is 4.98 Å². The average Bonchev–Trinajstić information content (AvgIpc) is 2.72. The third-order valence-corrected chi connectivity index (χ3v) is 3.41. The zero-order valence-electron chi connectivity index (χ0n) is 9.31. The van der Waals surface area contributed by atoms with E-state index in [9.17, 15) is 0 Å². The number of nitrogens with zero attached hydrogens (tertiary/aromatic N) is 2. The summed E-state index contributed by atoms with van der Waals surface area (Å²) in [4.78, 5) is 9.55. The van der Waals surface area contributed by atoms with Crippen molar-refractivity contribution in [1.82, 2.24) is 15.3 Å². The second-order valence-corrected chi connectivity index (χ2v) is 4.58. The molecule has 3 nitrogen and oxygen atoms in total. The van der Waals surface area contributed by atoms with E-state index in [1.807, 2.05) is 17.9 Å². The van der Waals surface area contributed by atoms with E-state index in [0.717, 1.165) is 25.2 Å². The summed E-state index contributed by atoms with van der Waals surface area (Å²) in [5.74, 6) is 0. The summed E-state index contributed by atoms with van der Waals surface area (Å²) in [6.07, 6.45) is 4.71. The lowest BCUT2D eigenvalue weighted by molar-refractivity contribution is 0.690. The van der Waals surface area contributed by atoms with Crippen LogP contribution in [0, 0.1) is 6.92 Å². The Morgan fingerprint density at radius 3 is 2.81 bits per heavy atom. The molecule has 0 aliphatic heterocycles. The molecule has 2 heterocycles. The van der Waals surface area contributed by atoms with Crippen molar-refractivity contribution >= 4 is 11.3 Å². The summed E-state index contributed by atoms with van der Waals surface area (Å²) in [5, 5.41) is 3.43. The van der Waals surface area contributed by atoms with Crippen LogP contribution >= 0.6 is 11.3 Å². The average molecular weight is 233 g/mol. The van der Waals surface area contributed by atoms with Gasteiger partial charge in [-0.05, 0) is 37.6 Å². The van der Waals surface area contributed by atoms with E-state index in [4.69, 9.17) is 0 Å². The zero-order chi connectivity index (χ0) is 11.2. The molecule has 0 amide bonds. The molecule has 0 aliphatic rings. The van der Waals surface area contributed by atoms with Gasteiger partial charge in [0.05, 0.1) is 11.2 Å². The van der Waals surface area contributed by atoms with Crippen molar-refractivity contribution in [1.29, 1.82) is 0 Å². The van der Waals surface area contributed by atoms with Gasteiger partial charge < -0.3 is 5.32 Å². The summed E-state index contributed by atoms with van der Waals surface area (Å²) in [7, 11) is 0. The van der Waals surface area contributed by atoms with Crippen LogP contribution in [0.15, 0.2) is 30.0 Å². The van der Waals surface area contributed by atoms with Crippen LogP contribution in [0.5, 0.6) is 0 Å². The first-order valence-electron chi connectivity index (χ1n) is 5.35. The van der Waals surface area contributed by atoms with Crippen molar-refractivity contribution in [2.75, 3.05) is 6.54 Å². The molecule has 16 heavy (non-hydrogen) atoms. The van der Waals surface area contributed by atoms with E-state index in [1.54, 1.807) is 11.3 Å². The van der Waals surface area contributed by atoms with Crippen molar-refractivity contribution in [2.24, 2.45) is 0 Å². The molecule has 0 saturated heterocycles. The van der Waals surface area contributed by atoms with Crippen LogP contribution < -0.4 is 5.32 Å². The first-order valence-corrected chi connectivity index (χ1v) is 6.23. The van der Waals surface area contributed by atoms with E-state index in [0.29, 0.717) is 0 Å². The Morgan fingerprint density at radius 1 is 1.31 bits per heavy atom. The smallest absolute Gasteiger partial charge is 0.0798 e. The fraction of sp³-hybridized carbons (Fsp3) is 0.333. The maximum Gasteiger partial charge on any atom is 0.0798 e. The van der Waals surface area contributed by atoms with Crippen LogP contribution in [-0.4, -0.2) is 16.5 Å². The van der Waals surface area contributed by atoms with Gasteiger partial charge in [0.1, 0.15) is 0 Å². The van der Waals surface area contributed by atoms with Gasteiger partial charge >= 0.3 is 0 Å². The van der Waals surface area contributed by atoms with Crippen molar-refractivity contribution in [3.63, 3.8) is 0 Å². The summed E-state index contributed by atoms with van der Waals surface area (Å²) < 4.78 is 0. The third-order valence-electron chi connectivity index (χ3n) is 2.47. The molecule has 4 heteroatoms. The molecule has 0 atom stereocenters. The molecule has 0 unspecified atom stereocenters. The Morgan fingerprint density at radius 2 is 2.12 bits per heavy atom. The van der Waals surface area contributed by atoms with Crippen LogP contribution in [0.3, 0.4) is 0 Å². The fourth-order valence-electron chi connectivity index (χ4n) is 1.48. The molecule has 84 valence electrons. The molecule has 2 aromatic heterocycles. The van der Waals surface area contributed by atoms with Gasteiger partial charge in [0.15, 0.2) is 0 Å². The molecule has 0 bridgehead atoms. The fourth-order valence-corrected chi connectivity index (χ4v) is 2.23. The Hall–Kier alpha value is -1.26. The molecule has 2 aromatic rings. The zero-order valence-corrected chi connectivity index (χ0v) is 10.1. The van der Waals surface area contributed by atoms with Crippen LogP contribution in [0.1, 0.15) is 16.1 Å². The highest BCUT2D eigenvalue weighted by atomic mass is 32.1. The molecular weight excluding hydrogens is 218 g/mol. The number of hydrogen-bond donors (Lipinski definition) is 1. The second kappa shape index (κ2) is 5.72. The van der Waals surface area contributed by atoms with Gasteiger partial charge in [-0.15, -0.1) is 11.3 Å². The minimum absolute atomic E-state index is 0.918. The Kier molecular flexibility index (Phi) is 4.02. The Labute approximate surface area is 99.6 Å². The van der Waals surface area contributed by atoms with Gasteiger partial charge in [-0.1, -0.05) is 0 Å². The first-order chi connectivity index (χ1) is 7.86. The van der Waals surface area contributed by atoms with Gasteiger partial charge in [-0.2, -0.15) is 0 Å². The lowest BCUT2D eigenvalue weighted by Gasteiger charge is -2.03. The molecular formula is C12H15N3S. The largest absolute Gasteiger partial charge is 0.311 e. The first kappa shape index (κ1) is 11.2. The summed E-state index contributed by atoms with van der Waals surface area (Å²) in [6.45, 7) is 3.96. The molecule has 0 fully saturated rings. The van der Waals surface area contributed by atoms with E-state index in [2.05, 4.69) is 34.3 Å². The monoisotopic (exact) mass is 233 g/mol. The number of aromatic nitrogens is 2. The number of hydrogen-bond acceptors (Lipinski definition) is 4. The molecule has 0 radical (unpaired) electrons. The van der Waals surface area contributed by atoms with Gasteiger partial charge in [0, 0.05) is 23.8 Å². The lowest BCUT2D eigenvalue weighted by Crippen LogP contribution is -2.16. The normalized spacial score (nSPS) is 10.6. The predicted molar refractivity (Wildman–Crippen MR) is 66.5 cm³/mol. The molecule has 0 saturated carbocycles. The summed E-state index contributed by atoms with van der Waals surface area (Å²) in [5.41, 5.74) is 4.36. The van der Waals surface area contributed by atoms with Gasteiger partial charge in [-0.3, -0.25) is 4.98 Å². The Balaban J connectivity index is 1.72. The number of rotatable bonds is 5. The van der Waals surface area contributed by atoms with E-state index >= 15 is 0 Å². The van der Waals surface area contributed by atoms with Crippen molar-refractivity contribution in [3.8, 4) is 0 Å². The SMILES string of the molecule is Cc1ncsc1CNCCc1ccncc1. The number of aryl methyl sites for hydroxylation is 1. The van der Waals surface area contributed by atoms with E-state index in [1.165, 1.54) is 10.4 Å². The third kappa shape index (κ3) is 3.12. The highest BCUT2D eigenvalue weighted by Crippen LogP contribution is 2.11. The van der Waals surface area contributed by atoms with Crippen LogP contribution in [0.2, 0.25) is 0 Å². The standard InChI is InChI=1S/C12H15N3S/c1-10-12(16-9-15-10)8-14-7-4-11-2-5-13-6-3-11/h2-3,5-6,9,14H,4,7-8H2,1H3. The minimum atomic E-state index is 0.918. The van der Waals surface area contributed by atoms with Crippen molar-refractivity contribution < 1.29 is 0 Å². The number of nitrogens with one attached hydrogen (secondary N) is 1. The number of pyridine rings is 1. The van der Waals surface area contributed by atoms with Gasteiger partial charge in [0.25, 0.3) is 0 Å². The molecule has 2 rings (SSSR count). The van der Waals surface area contributed by atoms with Crippen molar-refractivity contribution in [2.45, 2.75) is 19.9 Å². The van der Waals surface area contributed by atoms with Crippen LogP contribution in [0.25, 0.3) is 0 Å². The number of thiazole rings is 1. The highest BCUT2D eigenvalue weighted by molar-refractivity contribution is 7.09. The predicted octanol–water partition coefficient (Wildman–Crippen LogP) is 2.18. The maximum atomic E-state index is 4.22.